The van der Waals surface area contributed by atoms with Crippen molar-refractivity contribution >= 4 is 38.9 Å². The van der Waals surface area contributed by atoms with Gasteiger partial charge in [0.15, 0.2) is 11.5 Å². The van der Waals surface area contributed by atoms with E-state index in [4.69, 9.17) is 21.1 Å². The van der Waals surface area contributed by atoms with Crippen molar-refractivity contribution in [2.24, 2.45) is 0 Å². The maximum atomic E-state index is 12.9. The molecule has 29 heavy (non-hydrogen) atoms. The lowest BCUT2D eigenvalue weighted by atomic mass is 10.1. The largest absolute Gasteiger partial charge is 0.493 e. The Bertz CT molecular complexity index is 1020. The fourth-order valence-corrected chi connectivity index (χ4v) is 3.84. The van der Waals surface area contributed by atoms with Crippen LogP contribution in [0, 0.1) is 0 Å². The molecule has 158 valence electrons. The van der Waals surface area contributed by atoms with E-state index in [1.54, 1.807) is 25.1 Å². The Hall–Kier alpha value is -2.49. The molecule has 0 aliphatic carbocycles. The second-order valence-corrected chi connectivity index (χ2v) is 9.07. The number of nitrogens with zero attached hydrogens (tertiary/aromatic N) is 2. The van der Waals surface area contributed by atoms with Crippen molar-refractivity contribution in [1.29, 1.82) is 0 Å². The van der Waals surface area contributed by atoms with E-state index in [2.05, 4.69) is 5.32 Å². The number of sulfonamides is 1. The first-order valence-electron chi connectivity index (χ1n) is 8.49. The number of nitrogens with one attached hydrogen (secondary N) is 1. The lowest BCUT2D eigenvalue weighted by Gasteiger charge is -2.20. The summed E-state index contributed by atoms with van der Waals surface area (Å²) < 4.78 is 36.5. The molecule has 2 aromatic carbocycles. The van der Waals surface area contributed by atoms with Gasteiger partial charge in [-0.2, -0.15) is 0 Å². The number of benzene rings is 2. The van der Waals surface area contributed by atoms with Crippen LogP contribution in [-0.2, 0) is 10.0 Å². The molecule has 0 spiro atoms. The van der Waals surface area contributed by atoms with Gasteiger partial charge in [-0.3, -0.25) is 4.79 Å². The van der Waals surface area contributed by atoms with Crippen molar-refractivity contribution < 1.29 is 22.7 Å². The number of methoxy groups -OCH3 is 2. The number of hydrogen-bond donors (Lipinski definition) is 1. The Morgan fingerprint density at radius 1 is 1.03 bits per heavy atom. The second kappa shape index (κ2) is 8.89. The van der Waals surface area contributed by atoms with E-state index in [0.717, 1.165) is 4.31 Å². The van der Waals surface area contributed by atoms with E-state index in [0.29, 0.717) is 22.9 Å². The Morgan fingerprint density at radius 3 is 2.21 bits per heavy atom. The highest BCUT2D eigenvalue weighted by molar-refractivity contribution is 7.89. The van der Waals surface area contributed by atoms with Crippen LogP contribution < -0.4 is 19.7 Å². The molecule has 0 aliphatic heterocycles. The zero-order valence-electron chi connectivity index (χ0n) is 17.1. The summed E-state index contributed by atoms with van der Waals surface area (Å²) in [6, 6.07) is 7.50. The maximum absolute atomic E-state index is 12.9. The number of carbonyl (C=O) groups excluding carboxylic acids is 1. The summed E-state index contributed by atoms with van der Waals surface area (Å²) in [6.45, 7) is 0. The van der Waals surface area contributed by atoms with Gasteiger partial charge in [0.05, 0.1) is 35.5 Å². The van der Waals surface area contributed by atoms with Crippen LogP contribution in [0.15, 0.2) is 35.2 Å². The van der Waals surface area contributed by atoms with Crippen LogP contribution >= 0.6 is 11.6 Å². The van der Waals surface area contributed by atoms with Gasteiger partial charge < -0.3 is 19.7 Å². The van der Waals surface area contributed by atoms with Crippen LogP contribution in [0.4, 0.5) is 11.4 Å². The first-order valence-corrected chi connectivity index (χ1v) is 10.3. The molecule has 0 fully saturated rings. The van der Waals surface area contributed by atoms with E-state index in [1.807, 2.05) is 0 Å². The summed E-state index contributed by atoms with van der Waals surface area (Å²) >= 11 is 6.18. The third-order valence-corrected chi connectivity index (χ3v) is 6.26. The van der Waals surface area contributed by atoms with Crippen LogP contribution in [0.5, 0.6) is 11.5 Å². The molecule has 2 rings (SSSR count). The molecule has 0 unspecified atom stereocenters. The summed E-state index contributed by atoms with van der Waals surface area (Å²) in [6.07, 6.45) is 0. The highest BCUT2D eigenvalue weighted by Gasteiger charge is 2.21. The van der Waals surface area contributed by atoms with Crippen molar-refractivity contribution in [2.45, 2.75) is 4.90 Å². The van der Waals surface area contributed by atoms with Crippen molar-refractivity contribution in [3.63, 3.8) is 0 Å². The average molecular weight is 442 g/mol. The average Bonchev–Trinajstić information content (AvgIpc) is 2.66. The molecule has 0 atom stereocenters. The van der Waals surface area contributed by atoms with Gasteiger partial charge in [-0.15, -0.1) is 0 Å². The quantitative estimate of drug-likeness (QED) is 0.710. The van der Waals surface area contributed by atoms with E-state index in [9.17, 15) is 13.2 Å². The molecule has 0 saturated carbocycles. The fourth-order valence-electron chi connectivity index (χ4n) is 2.62. The number of ether oxygens (including phenoxy) is 2. The topological polar surface area (TPSA) is 88.2 Å². The number of rotatable bonds is 7. The summed E-state index contributed by atoms with van der Waals surface area (Å²) in [7, 11) is 5.69. The molecule has 10 heteroatoms. The lowest BCUT2D eigenvalue weighted by molar-refractivity contribution is 0.102. The van der Waals surface area contributed by atoms with Gasteiger partial charge in [0.25, 0.3) is 5.91 Å². The summed E-state index contributed by atoms with van der Waals surface area (Å²) in [5.41, 5.74) is 1.22. The molecule has 0 radical (unpaired) electrons. The van der Waals surface area contributed by atoms with Gasteiger partial charge in [0.2, 0.25) is 10.0 Å². The minimum absolute atomic E-state index is 0.0637. The van der Waals surface area contributed by atoms with Crippen molar-refractivity contribution in [2.75, 3.05) is 52.6 Å². The number of amides is 1. The first-order chi connectivity index (χ1) is 13.5. The molecule has 0 heterocycles. The number of carbonyl (C=O) groups is 1. The van der Waals surface area contributed by atoms with Crippen LogP contribution in [0.1, 0.15) is 10.4 Å². The second-order valence-electron chi connectivity index (χ2n) is 6.51. The highest BCUT2D eigenvalue weighted by Crippen LogP contribution is 2.36. The number of hydrogen-bond acceptors (Lipinski definition) is 6. The molecule has 0 aliphatic rings. The third kappa shape index (κ3) is 4.75. The molecule has 2 aromatic rings. The molecule has 1 N–H and O–H groups in total. The van der Waals surface area contributed by atoms with Gasteiger partial charge in [-0.05, 0) is 30.3 Å². The normalized spacial score (nSPS) is 11.3. The minimum Gasteiger partial charge on any atom is -0.493 e. The highest BCUT2D eigenvalue weighted by atomic mass is 35.5. The molecule has 0 bridgehead atoms. The van der Waals surface area contributed by atoms with Crippen molar-refractivity contribution in [1.82, 2.24) is 4.31 Å². The van der Waals surface area contributed by atoms with Gasteiger partial charge in [0.1, 0.15) is 0 Å². The number of anilines is 2. The standard InChI is InChI=1S/C19H24ClN3O5S/c1-22(2)16-8-7-13(29(25,26)23(3)4)11-15(16)21-19(24)12-9-14(20)18(28-6)17(10-12)27-5/h7-11H,1-6H3,(H,21,24). The summed E-state index contributed by atoms with van der Waals surface area (Å²) in [5.74, 6) is 0.149. The third-order valence-electron chi connectivity index (χ3n) is 4.17. The Labute approximate surface area is 176 Å². The fraction of sp³-hybridized carbons (Fsp3) is 0.316. The molecule has 1 amide bonds. The lowest BCUT2D eigenvalue weighted by Crippen LogP contribution is -2.23. The SMILES string of the molecule is COc1cc(C(=O)Nc2cc(S(=O)(=O)N(C)C)ccc2N(C)C)cc(Cl)c1OC. The monoisotopic (exact) mass is 441 g/mol. The zero-order valence-corrected chi connectivity index (χ0v) is 18.7. The van der Waals surface area contributed by atoms with Gasteiger partial charge in [-0.1, -0.05) is 11.6 Å². The summed E-state index contributed by atoms with van der Waals surface area (Å²) in [4.78, 5) is 14.7. The zero-order chi connectivity index (χ0) is 21.9. The number of halogens is 1. The molecule has 0 saturated heterocycles. The van der Waals surface area contributed by atoms with E-state index in [-0.39, 0.29) is 15.5 Å². The van der Waals surface area contributed by atoms with E-state index in [1.165, 1.54) is 52.6 Å². The van der Waals surface area contributed by atoms with Gasteiger partial charge in [-0.25, -0.2) is 12.7 Å². The smallest absolute Gasteiger partial charge is 0.255 e. The van der Waals surface area contributed by atoms with Crippen molar-refractivity contribution in [3.05, 3.63) is 40.9 Å². The Balaban J connectivity index is 2.50. The van der Waals surface area contributed by atoms with Gasteiger partial charge in [0, 0.05) is 33.8 Å². The maximum Gasteiger partial charge on any atom is 0.255 e. The first kappa shape index (κ1) is 22.8. The van der Waals surface area contributed by atoms with E-state index >= 15 is 0 Å². The predicted molar refractivity (Wildman–Crippen MR) is 114 cm³/mol. The molecule has 8 nitrogen and oxygen atoms in total. The molecule has 0 aromatic heterocycles. The predicted octanol–water partition coefficient (Wildman–Crippen LogP) is 2.93. The van der Waals surface area contributed by atoms with Crippen LogP contribution in [-0.4, -0.2) is 61.0 Å². The molecular weight excluding hydrogens is 418 g/mol. The van der Waals surface area contributed by atoms with Gasteiger partial charge >= 0.3 is 0 Å². The Morgan fingerprint density at radius 2 is 1.69 bits per heavy atom. The summed E-state index contributed by atoms with van der Waals surface area (Å²) in [5, 5.41) is 2.97. The van der Waals surface area contributed by atoms with Crippen LogP contribution in [0.3, 0.4) is 0 Å². The van der Waals surface area contributed by atoms with E-state index < -0.39 is 15.9 Å². The molecular formula is C19H24ClN3O5S. The van der Waals surface area contributed by atoms with Crippen LogP contribution in [0.2, 0.25) is 5.02 Å². The van der Waals surface area contributed by atoms with Crippen molar-refractivity contribution in [3.8, 4) is 11.5 Å². The Kier molecular flexibility index (Phi) is 6.99. The minimum atomic E-state index is -3.66. The van der Waals surface area contributed by atoms with Crippen LogP contribution in [0.25, 0.3) is 0 Å².